The molecule has 1 unspecified atom stereocenters. The van der Waals surface area contributed by atoms with E-state index in [0.29, 0.717) is 17.6 Å². The van der Waals surface area contributed by atoms with Crippen LogP contribution in [-0.2, 0) is 9.53 Å². The molecule has 1 aliphatic heterocycles. The number of Topliss-reactive ketones (excluding diaryl/α,β-unsaturated/α-hetero) is 1. The molecular formula is C10H13N2O2. The van der Waals surface area contributed by atoms with Gasteiger partial charge in [-0.05, 0) is 25.0 Å². The van der Waals surface area contributed by atoms with Crippen LogP contribution in [0.2, 0.25) is 0 Å². The van der Waals surface area contributed by atoms with Crippen molar-refractivity contribution in [2.24, 2.45) is 5.11 Å². The minimum atomic E-state index is -0.732. The summed E-state index contributed by atoms with van der Waals surface area (Å²) >= 11 is 0. The van der Waals surface area contributed by atoms with Gasteiger partial charge < -0.3 is 4.74 Å². The molecule has 0 aromatic carbocycles. The molecule has 0 fully saturated rings. The lowest BCUT2D eigenvalue weighted by atomic mass is 9.95. The summed E-state index contributed by atoms with van der Waals surface area (Å²) in [7, 11) is 0. The number of ether oxygens (including phenoxy) is 1. The fourth-order valence-electron chi connectivity index (χ4n) is 1.49. The molecule has 0 amide bonds. The quantitative estimate of drug-likeness (QED) is 0.641. The number of nitrogens with zero attached hydrogens (tertiary/aromatic N) is 2. The fourth-order valence-corrected chi connectivity index (χ4v) is 1.49. The Labute approximate surface area is 83.2 Å². The van der Waals surface area contributed by atoms with Crippen LogP contribution in [0.5, 0.6) is 0 Å². The van der Waals surface area contributed by atoms with Crippen molar-refractivity contribution < 1.29 is 9.53 Å². The second-order valence-electron chi connectivity index (χ2n) is 3.24. The third kappa shape index (κ3) is 1.73. The van der Waals surface area contributed by atoms with Gasteiger partial charge in [-0.1, -0.05) is 6.92 Å². The molecule has 4 heteroatoms. The van der Waals surface area contributed by atoms with Gasteiger partial charge in [-0.15, -0.1) is 5.11 Å². The van der Waals surface area contributed by atoms with Crippen LogP contribution in [0.1, 0.15) is 27.2 Å². The predicted molar refractivity (Wildman–Crippen MR) is 51.2 cm³/mol. The summed E-state index contributed by atoms with van der Waals surface area (Å²) in [5, 5.41) is 3.05. The largest absolute Gasteiger partial charge is 0.470 e. The lowest BCUT2D eigenvalue weighted by Gasteiger charge is -2.21. The van der Waals surface area contributed by atoms with Gasteiger partial charge in [-0.25, -0.2) is 0 Å². The van der Waals surface area contributed by atoms with E-state index in [1.54, 1.807) is 20.8 Å². The first kappa shape index (κ1) is 10.6. The summed E-state index contributed by atoms with van der Waals surface area (Å²) in [6.07, 6.45) is 1.17. The Morgan fingerprint density at radius 1 is 1.64 bits per heavy atom. The molecule has 0 aliphatic carbocycles. The van der Waals surface area contributed by atoms with Gasteiger partial charge in [0, 0.05) is 17.6 Å². The van der Waals surface area contributed by atoms with E-state index in [4.69, 9.17) is 10.3 Å². The molecule has 1 heterocycles. The van der Waals surface area contributed by atoms with Gasteiger partial charge in [-0.2, -0.15) is 0 Å². The second-order valence-corrected chi connectivity index (χ2v) is 3.24. The Hall–Kier alpha value is -1.45. The molecule has 0 saturated carbocycles. The van der Waals surface area contributed by atoms with Gasteiger partial charge in [0.1, 0.15) is 0 Å². The number of allylic oxidation sites excluding steroid dienone is 2. The van der Waals surface area contributed by atoms with Gasteiger partial charge in [0.05, 0.1) is 6.26 Å². The lowest BCUT2D eigenvalue weighted by molar-refractivity contribution is -0.115. The van der Waals surface area contributed by atoms with Crippen LogP contribution in [0, 0.1) is 0 Å². The highest BCUT2D eigenvalue weighted by atomic mass is 16.5. The molecule has 0 aromatic heterocycles. The Bertz CT molecular complexity index is 329. The monoisotopic (exact) mass is 193 g/mol. The third-order valence-electron chi connectivity index (χ3n) is 2.24. The topological polar surface area (TPSA) is 61.0 Å². The summed E-state index contributed by atoms with van der Waals surface area (Å²) < 4.78 is 5.09. The molecule has 1 aliphatic rings. The molecule has 0 spiro atoms. The number of ketones is 1. The normalized spacial score (nSPS) is 21.4. The fraction of sp³-hybridized carbons (Fsp3) is 0.500. The Morgan fingerprint density at radius 2 is 2.29 bits per heavy atom. The number of carbonyl (C=O) groups is 1. The van der Waals surface area contributed by atoms with Gasteiger partial charge in [0.15, 0.2) is 5.78 Å². The van der Waals surface area contributed by atoms with Crippen molar-refractivity contribution in [2.75, 3.05) is 0 Å². The first-order chi connectivity index (χ1) is 6.61. The van der Waals surface area contributed by atoms with Gasteiger partial charge in [-0.3, -0.25) is 4.79 Å². The molecule has 0 saturated heterocycles. The minimum Gasteiger partial charge on any atom is -0.470 e. The number of hydrogen-bond donors (Lipinski definition) is 0. The van der Waals surface area contributed by atoms with Crippen molar-refractivity contribution in [1.82, 2.24) is 5.53 Å². The van der Waals surface area contributed by atoms with Crippen LogP contribution < -0.4 is 5.53 Å². The average Bonchev–Trinajstić information content (AvgIpc) is 2.18. The summed E-state index contributed by atoms with van der Waals surface area (Å²) in [6, 6.07) is 0. The van der Waals surface area contributed by atoms with Gasteiger partial charge in [0.2, 0.25) is 6.23 Å². The maximum Gasteiger partial charge on any atom is 0.232 e. The number of hydrogen-bond acceptors (Lipinski definition) is 3. The van der Waals surface area contributed by atoms with Crippen LogP contribution in [-0.4, -0.2) is 12.0 Å². The molecule has 0 bridgehead atoms. The Kier molecular flexibility index (Phi) is 3.17. The molecule has 1 radical (unpaired) electrons. The zero-order valence-corrected chi connectivity index (χ0v) is 8.57. The standard InChI is InChI=1S/C10H13N2O2/c1-4-8(13)9-6(2)5-14-10(12-11)7(9)3/h5,10H,4H2,1-3H3. The molecule has 0 N–H and O–H groups in total. The first-order valence-electron chi connectivity index (χ1n) is 4.52. The van der Waals surface area contributed by atoms with Crippen LogP contribution in [0.3, 0.4) is 0 Å². The Morgan fingerprint density at radius 3 is 2.79 bits per heavy atom. The second kappa shape index (κ2) is 4.17. The van der Waals surface area contributed by atoms with E-state index in [1.165, 1.54) is 6.26 Å². The van der Waals surface area contributed by atoms with E-state index >= 15 is 0 Å². The number of rotatable bonds is 3. The maximum absolute atomic E-state index is 11.6. The van der Waals surface area contributed by atoms with E-state index in [1.807, 2.05) is 0 Å². The minimum absolute atomic E-state index is 0.0493. The average molecular weight is 193 g/mol. The zero-order valence-electron chi connectivity index (χ0n) is 8.57. The summed E-state index contributed by atoms with van der Waals surface area (Å²) in [6.45, 7) is 5.35. The lowest BCUT2D eigenvalue weighted by Crippen LogP contribution is -2.19. The van der Waals surface area contributed by atoms with Crippen molar-refractivity contribution in [1.29, 1.82) is 0 Å². The molecule has 4 nitrogen and oxygen atoms in total. The molecule has 75 valence electrons. The molecule has 14 heavy (non-hydrogen) atoms. The van der Waals surface area contributed by atoms with Gasteiger partial charge >= 0.3 is 0 Å². The van der Waals surface area contributed by atoms with Crippen molar-refractivity contribution in [2.45, 2.75) is 33.4 Å². The van der Waals surface area contributed by atoms with E-state index in [-0.39, 0.29) is 5.78 Å². The predicted octanol–water partition coefficient (Wildman–Crippen LogP) is 1.79. The molecular weight excluding hydrogens is 180 g/mol. The van der Waals surface area contributed by atoms with E-state index in [2.05, 4.69) is 5.11 Å². The maximum atomic E-state index is 11.6. The van der Waals surface area contributed by atoms with Crippen molar-refractivity contribution in [3.8, 4) is 0 Å². The van der Waals surface area contributed by atoms with Crippen molar-refractivity contribution in [3.63, 3.8) is 0 Å². The van der Waals surface area contributed by atoms with Crippen molar-refractivity contribution >= 4 is 5.78 Å². The Balaban J connectivity index is 3.12. The van der Waals surface area contributed by atoms with Crippen LogP contribution in [0.15, 0.2) is 28.1 Å². The highest BCUT2D eigenvalue weighted by Crippen LogP contribution is 2.26. The molecule has 1 rings (SSSR count). The van der Waals surface area contributed by atoms with Gasteiger partial charge in [0.25, 0.3) is 0 Å². The van der Waals surface area contributed by atoms with Crippen LogP contribution >= 0.6 is 0 Å². The summed E-state index contributed by atoms with van der Waals surface area (Å²) in [4.78, 5) is 11.6. The van der Waals surface area contributed by atoms with E-state index < -0.39 is 6.23 Å². The van der Waals surface area contributed by atoms with E-state index in [9.17, 15) is 4.79 Å². The summed E-state index contributed by atoms with van der Waals surface area (Å²) in [5.41, 5.74) is 10.7. The number of carbonyl (C=O) groups excluding carboxylic acids is 1. The van der Waals surface area contributed by atoms with Crippen LogP contribution in [0.25, 0.3) is 0 Å². The van der Waals surface area contributed by atoms with Crippen molar-refractivity contribution in [3.05, 3.63) is 23.0 Å². The SMILES string of the molecule is CCC(=O)C1=C(C)C(N=[N])OC=C1C. The molecule has 1 atom stereocenters. The highest BCUT2D eigenvalue weighted by Gasteiger charge is 2.24. The third-order valence-corrected chi connectivity index (χ3v) is 2.24. The first-order valence-corrected chi connectivity index (χ1v) is 4.52. The zero-order chi connectivity index (χ0) is 10.7. The summed E-state index contributed by atoms with van der Waals surface area (Å²) in [5.74, 6) is 0.0493. The smallest absolute Gasteiger partial charge is 0.232 e. The molecule has 0 aromatic rings. The van der Waals surface area contributed by atoms with Crippen LogP contribution in [0.4, 0.5) is 0 Å². The van der Waals surface area contributed by atoms with E-state index in [0.717, 1.165) is 5.57 Å². The highest BCUT2D eigenvalue weighted by molar-refractivity contribution is 6.00.